The summed E-state index contributed by atoms with van der Waals surface area (Å²) >= 11 is 0. The van der Waals surface area contributed by atoms with Gasteiger partial charge in [-0.15, -0.1) is 6.58 Å². The zero-order chi connectivity index (χ0) is 17.6. The molecule has 0 N–H and O–H groups in total. The van der Waals surface area contributed by atoms with Crippen molar-refractivity contribution in [3.63, 3.8) is 0 Å². The third kappa shape index (κ3) is 21.0. The van der Waals surface area contributed by atoms with Gasteiger partial charge in [0.15, 0.2) is 11.6 Å². The van der Waals surface area contributed by atoms with Gasteiger partial charge in [0.2, 0.25) is 0 Å². The number of rotatable bonds is 6. The third-order valence-corrected chi connectivity index (χ3v) is 2.35. The predicted molar refractivity (Wildman–Crippen MR) is 94.4 cm³/mol. The molecule has 0 aromatic rings. The van der Waals surface area contributed by atoms with Crippen LogP contribution in [0.15, 0.2) is 37.5 Å². The molecule has 21 heavy (non-hydrogen) atoms. The summed E-state index contributed by atoms with van der Waals surface area (Å²) in [6.07, 6.45) is 4.44. The van der Waals surface area contributed by atoms with E-state index in [0.29, 0.717) is 5.57 Å². The van der Waals surface area contributed by atoms with Gasteiger partial charge in [-0.1, -0.05) is 60.8 Å². The number of carbonyl (C=O) groups is 2. The van der Waals surface area contributed by atoms with Crippen molar-refractivity contribution in [2.45, 2.75) is 54.9 Å². The third-order valence-electron chi connectivity index (χ3n) is 2.35. The zero-order valence-electron chi connectivity index (χ0n) is 15.0. The van der Waals surface area contributed by atoms with Crippen LogP contribution in [0.3, 0.4) is 0 Å². The lowest BCUT2D eigenvalue weighted by Crippen LogP contribution is -2.06. The van der Waals surface area contributed by atoms with Crippen molar-refractivity contribution >= 4 is 11.6 Å². The number of hydrogen-bond acceptors (Lipinski definition) is 2. The Hall–Kier alpha value is -1.44. The first-order chi connectivity index (χ1) is 9.50. The van der Waals surface area contributed by atoms with Gasteiger partial charge in [0.05, 0.1) is 0 Å². The van der Waals surface area contributed by atoms with Crippen molar-refractivity contribution < 1.29 is 9.59 Å². The molecule has 0 aliphatic rings. The number of ketones is 2. The van der Waals surface area contributed by atoms with Crippen LogP contribution < -0.4 is 0 Å². The van der Waals surface area contributed by atoms with Crippen LogP contribution in [0.2, 0.25) is 0 Å². The Morgan fingerprint density at radius 2 is 1.38 bits per heavy atom. The maximum absolute atomic E-state index is 10.7. The van der Waals surface area contributed by atoms with Crippen LogP contribution in [0, 0.1) is 17.8 Å². The van der Waals surface area contributed by atoms with Gasteiger partial charge in [-0.3, -0.25) is 9.59 Å². The van der Waals surface area contributed by atoms with Crippen LogP contribution in [0.5, 0.6) is 0 Å². The van der Waals surface area contributed by atoms with E-state index in [-0.39, 0.29) is 23.4 Å². The molecule has 2 nitrogen and oxygen atoms in total. The smallest absolute Gasteiger partial charge is 0.160 e. The molecule has 122 valence electrons. The Kier molecular flexibility index (Phi) is 17.5. The standard InChI is InChI=1S/C7H12O.C6H10O.C6H12/c1-5(2)7(8)6(3)4;1-4-6(7)5(2)3;1-4-5-6(2)3/h6H,1H2,2-4H3;4-5H,1H2,2-3H3;4,6H,1,5H2,2-3H3. The summed E-state index contributed by atoms with van der Waals surface area (Å²) < 4.78 is 0. The van der Waals surface area contributed by atoms with Crippen molar-refractivity contribution in [1.82, 2.24) is 0 Å². The van der Waals surface area contributed by atoms with Gasteiger partial charge in [0.25, 0.3) is 0 Å². The van der Waals surface area contributed by atoms with Gasteiger partial charge in [-0.25, -0.2) is 0 Å². The molecule has 0 spiro atoms. The van der Waals surface area contributed by atoms with E-state index in [4.69, 9.17) is 0 Å². The van der Waals surface area contributed by atoms with Crippen LogP contribution in [0.25, 0.3) is 0 Å². The van der Waals surface area contributed by atoms with E-state index in [9.17, 15) is 9.59 Å². The zero-order valence-corrected chi connectivity index (χ0v) is 15.0. The first kappa shape index (κ1) is 24.6. The summed E-state index contributed by atoms with van der Waals surface area (Å²) in [5, 5.41) is 0. The van der Waals surface area contributed by atoms with Gasteiger partial charge in [0.1, 0.15) is 0 Å². The van der Waals surface area contributed by atoms with Gasteiger partial charge >= 0.3 is 0 Å². The number of hydrogen-bond donors (Lipinski definition) is 0. The van der Waals surface area contributed by atoms with Crippen LogP contribution in [0.4, 0.5) is 0 Å². The molecule has 0 saturated heterocycles. The minimum absolute atomic E-state index is 0.104. The fraction of sp³-hybridized carbons (Fsp3) is 0.579. The molecule has 0 saturated carbocycles. The fourth-order valence-electron chi connectivity index (χ4n) is 1.06. The maximum atomic E-state index is 10.7. The molecule has 0 bridgehead atoms. The second kappa shape index (κ2) is 15.0. The van der Waals surface area contributed by atoms with Crippen molar-refractivity contribution in [3.8, 4) is 0 Å². The molecule has 0 aliphatic carbocycles. The summed E-state index contributed by atoms with van der Waals surface area (Å²) in [7, 11) is 0. The molecule has 2 heteroatoms. The first-order valence-electron chi connectivity index (χ1n) is 7.47. The molecule has 0 aliphatic heterocycles. The second-order valence-electron chi connectivity index (χ2n) is 5.98. The number of carbonyl (C=O) groups excluding carboxylic acids is 2. The molecule has 0 fully saturated rings. The predicted octanol–water partition coefficient (Wildman–Crippen LogP) is 5.40. The Morgan fingerprint density at radius 3 is 1.38 bits per heavy atom. The van der Waals surface area contributed by atoms with E-state index in [0.717, 1.165) is 12.3 Å². The highest BCUT2D eigenvalue weighted by Crippen LogP contribution is 2.01. The Labute approximate surface area is 132 Å². The van der Waals surface area contributed by atoms with Gasteiger partial charge in [0, 0.05) is 11.8 Å². The highest BCUT2D eigenvalue weighted by molar-refractivity contribution is 5.95. The number of Topliss-reactive ketones (excluding diaryl/α,β-unsaturated/α-hetero) is 1. The summed E-state index contributed by atoms with van der Waals surface area (Å²) in [4.78, 5) is 21.1. The summed E-state index contributed by atoms with van der Waals surface area (Å²) in [6, 6.07) is 0. The van der Waals surface area contributed by atoms with E-state index in [1.807, 2.05) is 33.8 Å². The van der Waals surface area contributed by atoms with E-state index < -0.39 is 0 Å². The molecule has 0 radical (unpaired) electrons. The van der Waals surface area contributed by atoms with Crippen LogP contribution in [-0.4, -0.2) is 11.6 Å². The van der Waals surface area contributed by atoms with Crippen LogP contribution in [0.1, 0.15) is 54.9 Å². The van der Waals surface area contributed by atoms with Crippen LogP contribution >= 0.6 is 0 Å². The largest absolute Gasteiger partial charge is 0.295 e. The Morgan fingerprint density at radius 1 is 0.952 bits per heavy atom. The van der Waals surface area contributed by atoms with Crippen molar-refractivity contribution in [2.24, 2.45) is 17.8 Å². The molecule has 0 rings (SSSR count). The van der Waals surface area contributed by atoms with Crippen molar-refractivity contribution in [2.75, 3.05) is 0 Å². The average molecular weight is 294 g/mol. The molecule has 0 heterocycles. The van der Waals surface area contributed by atoms with E-state index in [2.05, 4.69) is 33.6 Å². The maximum Gasteiger partial charge on any atom is 0.160 e. The van der Waals surface area contributed by atoms with E-state index in [1.54, 1.807) is 6.92 Å². The lowest BCUT2D eigenvalue weighted by molar-refractivity contribution is -0.118. The lowest BCUT2D eigenvalue weighted by atomic mass is 10.0. The van der Waals surface area contributed by atoms with Crippen molar-refractivity contribution in [3.05, 3.63) is 37.5 Å². The van der Waals surface area contributed by atoms with Gasteiger partial charge in [-0.2, -0.15) is 0 Å². The highest BCUT2D eigenvalue weighted by Gasteiger charge is 2.05. The molecule has 0 unspecified atom stereocenters. The Balaban J connectivity index is -0.000000234. The molecule has 0 amide bonds. The van der Waals surface area contributed by atoms with Gasteiger partial charge in [-0.05, 0) is 30.9 Å². The summed E-state index contributed by atoms with van der Waals surface area (Å²) in [5.74, 6) is 1.26. The first-order valence-corrected chi connectivity index (χ1v) is 7.47. The molecule has 0 aromatic carbocycles. The number of allylic oxidation sites excluding steroid dienone is 3. The summed E-state index contributed by atoms with van der Waals surface area (Å²) in [5.41, 5.74) is 0.653. The van der Waals surface area contributed by atoms with Crippen LogP contribution in [-0.2, 0) is 9.59 Å². The molecule has 0 aromatic heterocycles. The van der Waals surface area contributed by atoms with E-state index in [1.165, 1.54) is 6.08 Å². The average Bonchev–Trinajstić information content (AvgIpc) is 2.37. The summed E-state index contributed by atoms with van der Waals surface area (Å²) in [6.45, 7) is 24.0. The topological polar surface area (TPSA) is 34.1 Å². The minimum Gasteiger partial charge on any atom is -0.295 e. The van der Waals surface area contributed by atoms with Crippen molar-refractivity contribution in [1.29, 1.82) is 0 Å². The fourth-order valence-corrected chi connectivity index (χ4v) is 1.06. The molecular formula is C19H34O2. The Bertz CT molecular complexity index is 333. The minimum atomic E-state index is 0.104. The van der Waals surface area contributed by atoms with Gasteiger partial charge < -0.3 is 0 Å². The van der Waals surface area contributed by atoms with E-state index >= 15 is 0 Å². The monoisotopic (exact) mass is 294 g/mol. The molecule has 0 atom stereocenters. The SMILES string of the molecule is C=C(C)C(=O)C(C)C.C=CC(=O)C(C)C.C=CCC(C)C. The lowest BCUT2D eigenvalue weighted by Gasteiger charge is -1.99. The quantitative estimate of drug-likeness (QED) is 0.485. The highest BCUT2D eigenvalue weighted by atomic mass is 16.1. The second-order valence-corrected chi connectivity index (χ2v) is 5.98. The normalized spacial score (nSPS) is 9.24. The molecular weight excluding hydrogens is 260 g/mol.